The number of benzene rings is 2. The summed E-state index contributed by atoms with van der Waals surface area (Å²) in [5.41, 5.74) is 1.27. The van der Waals surface area contributed by atoms with Crippen molar-refractivity contribution in [3.63, 3.8) is 0 Å². The molecule has 0 aliphatic heterocycles. The van der Waals surface area contributed by atoms with Gasteiger partial charge in [-0.3, -0.25) is 0 Å². The van der Waals surface area contributed by atoms with E-state index in [4.69, 9.17) is 23.2 Å². The van der Waals surface area contributed by atoms with E-state index < -0.39 is 5.82 Å². The highest BCUT2D eigenvalue weighted by atomic mass is 79.9. The molecule has 1 atom stereocenters. The number of nitrogens with one attached hydrogen (secondary N) is 1. The molecule has 0 radical (unpaired) electrons. The quantitative estimate of drug-likeness (QED) is 0.624. The molecule has 0 amide bonds. The molecule has 6 heteroatoms. The lowest BCUT2D eigenvalue weighted by Gasteiger charge is -2.18. The second-order valence-electron chi connectivity index (χ2n) is 4.28. The van der Waals surface area contributed by atoms with Crippen LogP contribution in [0.2, 0.25) is 10.0 Å². The maximum Gasteiger partial charge on any atom is 0.142 e. The third kappa shape index (κ3) is 3.43. The zero-order valence-corrected chi connectivity index (χ0v) is 13.5. The second-order valence-corrected chi connectivity index (χ2v) is 5.95. The van der Waals surface area contributed by atoms with Crippen molar-refractivity contribution in [2.45, 2.75) is 13.0 Å². The van der Waals surface area contributed by atoms with E-state index in [2.05, 4.69) is 21.2 Å². The number of hydrogen-bond donors (Lipinski definition) is 1. The molecule has 2 rings (SSSR count). The second kappa shape index (κ2) is 6.29. The van der Waals surface area contributed by atoms with Crippen LogP contribution in [0.25, 0.3) is 0 Å². The molecular formula is C14H10BrCl2F2N. The van der Waals surface area contributed by atoms with Crippen molar-refractivity contribution in [1.82, 2.24) is 0 Å². The lowest BCUT2D eigenvalue weighted by atomic mass is 10.1. The van der Waals surface area contributed by atoms with Gasteiger partial charge < -0.3 is 5.32 Å². The molecule has 0 spiro atoms. The van der Waals surface area contributed by atoms with E-state index in [9.17, 15) is 8.78 Å². The molecule has 0 heterocycles. The first-order chi connectivity index (χ1) is 9.38. The number of rotatable bonds is 3. The summed E-state index contributed by atoms with van der Waals surface area (Å²) in [6.07, 6.45) is 0. The zero-order valence-electron chi connectivity index (χ0n) is 10.4. The van der Waals surface area contributed by atoms with Crippen molar-refractivity contribution >= 4 is 44.8 Å². The Morgan fingerprint density at radius 3 is 2.40 bits per heavy atom. The molecule has 0 aliphatic rings. The topological polar surface area (TPSA) is 12.0 Å². The highest BCUT2D eigenvalue weighted by molar-refractivity contribution is 9.10. The largest absolute Gasteiger partial charge is 0.378 e. The molecule has 1 N–H and O–H groups in total. The standard InChI is InChI=1S/C14H10BrCl2F2N/c1-7(9-5-14(19)12(17)6-11(9)16)20-8-2-3-13(18)10(15)4-8/h2-7,20H,1H3. The first-order valence-electron chi connectivity index (χ1n) is 5.74. The van der Waals surface area contributed by atoms with Crippen molar-refractivity contribution in [2.75, 3.05) is 5.32 Å². The van der Waals surface area contributed by atoms with Gasteiger partial charge in [-0.05, 0) is 58.7 Å². The Bertz CT molecular complexity index is 649. The SMILES string of the molecule is CC(Nc1ccc(F)c(Br)c1)c1cc(F)c(Cl)cc1Cl. The van der Waals surface area contributed by atoms with Gasteiger partial charge in [-0.25, -0.2) is 8.78 Å². The fourth-order valence-electron chi connectivity index (χ4n) is 1.78. The smallest absolute Gasteiger partial charge is 0.142 e. The number of hydrogen-bond acceptors (Lipinski definition) is 1. The van der Waals surface area contributed by atoms with Crippen LogP contribution in [0.1, 0.15) is 18.5 Å². The molecule has 0 saturated carbocycles. The predicted molar refractivity (Wildman–Crippen MR) is 82.6 cm³/mol. The molecule has 2 aromatic carbocycles. The molecule has 106 valence electrons. The van der Waals surface area contributed by atoms with Gasteiger partial charge in [0, 0.05) is 10.7 Å². The summed E-state index contributed by atoms with van der Waals surface area (Å²) < 4.78 is 27.0. The molecular weight excluding hydrogens is 371 g/mol. The monoisotopic (exact) mass is 379 g/mol. The number of halogens is 5. The van der Waals surface area contributed by atoms with E-state index in [-0.39, 0.29) is 16.9 Å². The minimum atomic E-state index is -0.528. The van der Waals surface area contributed by atoms with E-state index in [1.165, 1.54) is 18.2 Å². The first kappa shape index (κ1) is 15.5. The summed E-state index contributed by atoms with van der Waals surface area (Å²) in [5, 5.41) is 3.48. The summed E-state index contributed by atoms with van der Waals surface area (Å²) in [6, 6.07) is 6.94. The van der Waals surface area contributed by atoms with Crippen LogP contribution >= 0.6 is 39.1 Å². The summed E-state index contributed by atoms with van der Waals surface area (Å²) in [7, 11) is 0. The molecule has 1 nitrogen and oxygen atoms in total. The molecule has 0 aromatic heterocycles. The molecule has 0 fully saturated rings. The number of anilines is 1. The average Bonchev–Trinajstić information content (AvgIpc) is 2.38. The van der Waals surface area contributed by atoms with Crippen molar-refractivity contribution in [2.24, 2.45) is 0 Å². The van der Waals surface area contributed by atoms with Crippen molar-refractivity contribution in [3.8, 4) is 0 Å². The van der Waals surface area contributed by atoms with Crippen LogP contribution in [0.15, 0.2) is 34.8 Å². The maximum atomic E-state index is 13.5. The Morgan fingerprint density at radius 1 is 1.05 bits per heavy atom. The Kier molecular flexibility index (Phi) is 4.89. The van der Waals surface area contributed by atoms with Gasteiger partial charge in [0.15, 0.2) is 0 Å². The Balaban J connectivity index is 2.25. The molecule has 0 saturated heterocycles. The molecule has 20 heavy (non-hydrogen) atoms. The van der Waals surface area contributed by atoms with Crippen LogP contribution in [0.5, 0.6) is 0 Å². The minimum Gasteiger partial charge on any atom is -0.378 e. The van der Waals surface area contributed by atoms with Crippen molar-refractivity contribution in [1.29, 1.82) is 0 Å². The van der Waals surface area contributed by atoms with Gasteiger partial charge in [-0.2, -0.15) is 0 Å². The van der Waals surface area contributed by atoms with E-state index in [0.717, 1.165) is 0 Å². The lowest BCUT2D eigenvalue weighted by molar-refractivity contribution is 0.621. The molecule has 2 aromatic rings. The first-order valence-corrected chi connectivity index (χ1v) is 7.29. The summed E-state index contributed by atoms with van der Waals surface area (Å²) in [4.78, 5) is 0. The van der Waals surface area contributed by atoms with Crippen LogP contribution in [0, 0.1) is 11.6 Å². The van der Waals surface area contributed by atoms with Gasteiger partial charge in [0.25, 0.3) is 0 Å². The Labute approximate surface area is 134 Å². The van der Waals surface area contributed by atoms with Gasteiger partial charge >= 0.3 is 0 Å². The Morgan fingerprint density at radius 2 is 1.75 bits per heavy atom. The van der Waals surface area contributed by atoms with Crippen molar-refractivity contribution in [3.05, 3.63) is 62.0 Å². The fourth-order valence-corrected chi connectivity index (χ4v) is 2.71. The lowest BCUT2D eigenvalue weighted by Crippen LogP contribution is -2.08. The van der Waals surface area contributed by atoms with Crippen LogP contribution in [0.4, 0.5) is 14.5 Å². The highest BCUT2D eigenvalue weighted by Gasteiger charge is 2.14. The highest BCUT2D eigenvalue weighted by Crippen LogP contribution is 2.31. The predicted octanol–water partition coefficient (Wildman–Crippen LogP) is 6.21. The third-order valence-corrected chi connectivity index (χ3v) is 4.03. The fraction of sp³-hybridized carbons (Fsp3) is 0.143. The summed E-state index contributed by atoms with van der Waals surface area (Å²) in [6.45, 7) is 1.83. The van der Waals surface area contributed by atoms with Crippen LogP contribution in [-0.4, -0.2) is 0 Å². The van der Waals surface area contributed by atoms with E-state index >= 15 is 0 Å². The minimum absolute atomic E-state index is 0.0181. The van der Waals surface area contributed by atoms with Gasteiger partial charge in [0.05, 0.1) is 15.5 Å². The van der Waals surface area contributed by atoms with Crippen LogP contribution in [-0.2, 0) is 0 Å². The Hall–Kier alpha value is -0.840. The zero-order chi connectivity index (χ0) is 14.9. The van der Waals surface area contributed by atoms with Crippen molar-refractivity contribution < 1.29 is 8.78 Å². The van der Waals surface area contributed by atoms with E-state index in [1.807, 2.05) is 6.92 Å². The molecule has 0 bridgehead atoms. The summed E-state index contributed by atoms with van der Waals surface area (Å²) >= 11 is 14.8. The van der Waals surface area contributed by atoms with E-state index in [1.54, 1.807) is 12.1 Å². The van der Waals surface area contributed by atoms with Gasteiger partial charge in [-0.15, -0.1) is 0 Å². The maximum absolute atomic E-state index is 13.5. The van der Waals surface area contributed by atoms with Gasteiger partial charge in [0.1, 0.15) is 11.6 Å². The summed E-state index contributed by atoms with van der Waals surface area (Å²) in [5.74, 6) is -0.876. The van der Waals surface area contributed by atoms with E-state index in [0.29, 0.717) is 20.7 Å². The third-order valence-electron chi connectivity index (χ3n) is 2.81. The molecule has 0 aliphatic carbocycles. The normalized spacial score (nSPS) is 12.3. The average molecular weight is 381 g/mol. The van der Waals surface area contributed by atoms with Gasteiger partial charge in [-0.1, -0.05) is 23.2 Å². The van der Waals surface area contributed by atoms with Crippen LogP contribution < -0.4 is 5.32 Å². The molecule has 1 unspecified atom stereocenters. The van der Waals surface area contributed by atoms with Crippen LogP contribution in [0.3, 0.4) is 0 Å². The van der Waals surface area contributed by atoms with Gasteiger partial charge in [0.2, 0.25) is 0 Å².